The normalized spacial score (nSPS) is 13.2. The highest BCUT2D eigenvalue weighted by Crippen LogP contribution is 2.32. The largest absolute Gasteiger partial charge is 0.491 e. The average molecular weight is 760 g/mol. The van der Waals surface area contributed by atoms with Gasteiger partial charge in [-0.1, -0.05) is 11.6 Å². The van der Waals surface area contributed by atoms with Gasteiger partial charge in [-0.25, -0.2) is 19.2 Å². The molecular weight excluding hydrogens is 729 g/mol. The molecule has 1 saturated heterocycles. The molecule has 0 atom stereocenters. The first-order chi connectivity index (χ1) is 25.3. The number of amides is 2. The number of aliphatic carboxylic acids is 1. The second kappa shape index (κ2) is 16.7. The quantitative estimate of drug-likeness (QED) is 0.138. The van der Waals surface area contributed by atoms with Crippen LogP contribution in [0.5, 0.6) is 5.75 Å². The number of benzene rings is 2. The molecule has 2 aromatic carbocycles. The van der Waals surface area contributed by atoms with Crippen LogP contribution in [0.2, 0.25) is 5.02 Å². The molecule has 1 aliphatic rings. The van der Waals surface area contributed by atoms with E-state index in [9.17, 15) is 31.5 Å². The Morgan fingerprint density at radius 1 is 1.00 bits per heavy atom. The van der Waals surface area contributed by atoms with Crippen molar-refractivity contribution in [2.24, 2.45) is 5.92 Å². The molecule has 4 heterocycles. The fourth-order valence-corrected chi connectivity index (χ4v) is 5.72. The Hall–Kier alpha value is -5.84. The first-order valence-electron chi connectivity index (χ1n) is 16.1. The van der Waals surface area contributed by atoms with E-state index in [1.807, 2.05) is 0 Å². The fourth-order valence-electron chi connectivity index (χ4n) is 5.46. The van der Waals surface area contributed by atoms with Crippen LogP contribution in [0.15, 0.2) is 73.4 Å². The van der Waals surface area contributed by atoms with Gasteiger partial charge in [0.05, 0.1) is 29.1 Å². The van der Waals surface area contributed by atoms with Crippen LogP contribution in [0, 0.1) is 17.6 Å². The number of pyridine rings is 1. The summed E-state index contributed by atoms with van der Waals surface area (Å²) in [6, 6.07) is 11.2. The second-order valence-corrected chi connectivity index (χ2v) is 12.0. The number of hydrogen-bond acceptors (Lipinski definition) is 8. The van der Waals surface area contributed by atoms with E-state index in [0.717, 1.165) is 12.8 Å². The summed E-state index contributed by atoms with van der Waals surface area (Å²) in [4.78, 5) is 49.0. The third-order valence-electron chi connectivity index (χ3n) is 8.15. The Bertz CT molecular complexity index is 2110. The molecule has 0 saturated carbocycles. The Balaban J connectivity index is 0.000000705. The van der Waals surface area contributed by atoms with E-state index in [0.29, 0.717) is 53.6 Å². The van der Waals surface area contributed by atoms with Gasteiger partial charge in [0, 0.05) is 61.2 Å². The smallest absolute Gasteiger partial charge is 0.490 e. The van der Waals surface area contributed by atoms with Crippen molar-refractivity contribution in [1.29, 1.82) is 0 Å². The number of carboxylic acid groups (broad SMARTS) is 1. The molecule has 0 spiro atoms. The van der Waals surface area contributed by atoms with Crippen molar-refractivity contribution < 1.29 is 46.2 Å². The predicted molar refractivity (Wildman–Crippen MR) is 183 cm³/mol. The van der Waals surface area contributed by atoms with Crippen LogP contribution in [0.3, 0.4) is 0 Å². The van der Waals surface area contributed by atoms with Gasteiger partial charge in [0.25, 0.3) is 11.8 Å². The number of fused-ring (bicyclic) bond motifs is 1. The number of hydrogen-bond donors (Lipinski definition) is 3. The number of aromatic nitrogens is 4. The summed E-state index contributed by atoms with van der Waals surface area (Å²) in [5, 5.41) is 13.5. The van der Waals surface area contributed by atoms with Crippen LogP contribution in [0.1, 0.15) is 40.5 Å². The van der Waals surface area contributed by atoms with Crippen molar-refractivity contribution in [2.75, 3.05) is 31.6 Å². The molecule has 53 heavy (non-hydrogen) atoms. The Morgan fingerprint density at radius 3 is 2.34 bits per heavy atom. The summed E-state index contributed by atoms with van der Waals surface area (Å²) in [5.41, 5.74) is 2.23. The number of ether oxygens (including phenoxy) is 1. The predicted octanol–water partition coefficient (Wildman–Crippen LogP) is 6.78. The van der Waals surface area contributed by atoms with Crippen molar-refractivity contribution in [2.45, 2.75) is 25.9 Å². The van der Waals surface area contributed by atoms with Crippen LogP contribution >= 0.6 is 11.6 Å². The van der Waals surface area contributed by atoms with E-state index in [2.05, 4.69) is 25.6 Å². The Morgan fingerprint density at radius 2 is 1.70 bits per heavy atom. The summed E-state index contributed by atoms with van der Waals surface area (Å²) >= 11 is 6.58. The van der Waals surface area contributed by atoms with Gasteiger partial charge in [-0.3, -0.25) is 19.0 Å². The van der Waals surface area contributed by atoms with Crippen molar-refractivity contribution >= 4 is 46.5 Å². The van der Waals surface area contributed by atoms with E-state index in [-0.39, 0.29) is 40.7 Å². The van der Waals surface area contributed by atoms with Gasteiger partial charge >= 0.3 is 12.1 Å². The summed E-state index contributed by atoms with van der Waals surface area (Å²) < 4.78 is 68.0. The molecule has 1 aliphatic heterocycles. The highest BCUT2D eigenvalue weighted by molar-refractivity contribution is 6.34. The number of imidazole rings is 1. The van der Waals surface area contributed by atoms with Crippen molar-refractivity contribution in [3.63, 3.8) is 0 Å². The summed E-state index contributed by atoms with van der Waals surface area (Å²) in [6.07, 6.45) is 4.15. The SMILES string of the molecule is CCOc1ccc(-c2cnc3c(Nc4ccc(C(=O)N5CCC(CNC(=O)c6ccncc6)CC5)c(Cl)c4)nccn23)c(F)c1F.O=C(O)C(F)(F)F. The van der Waals surface area contributed by atoms with Gasteiger partial charge in [0.15, 0.2) is 23.0 Å². The molecule has 278 valence electrons. The molecule has 6 rings (SSSR count). The van der Waals surface area contributed by atoms with Gasteiger partial charge < -0.3 is 25.4 Å². The van der Waals surface area contributed by atoms with Crippen LogP contribution < -0.4 is 15.4 Å². The number of carboxylic acids is 1. The lowest BCUT2D eigenvalue weighted by Crippen LogP contribution is -2.41. The molecule has 0 bridgehead atoms. The number of anilines is 2. The van der Waals surface area contributed by atoms with Gasteiger partial charge in [-0.15, -0.1) is 0 Å². The lowest BCUT2D eigenvalue weighted by molar-refractivity contribution is -0.192. The van der Waals surface area contributed by atoms with Crippen LogP contribution in [0.4, 0.5) is 33.5 Å². The fraction of sp³-hybridized carbons (Fsp3) is 0.257. The maximum absolute atomic E-state index is 15.0. The van der Waals surface area contributed by atoms with E-state index in [1.54, 1.807) is 65.1 Å². The first kappa shape index (κ1) is 38.4. The van der Waals surface area contributed by atoms with Crippen LogP contribution in [0.25, 0.3) is 16.9 Å². The first-order valence-corrected chi connectivity index (χ1v) is 16.4. The molecule has 0 radical (unpaired) electrons. The lowest BCUT2D eigenvalue weighted by Gasteiger charge is -2.32. The zero-order chi connectivity index (χ0) is 38.3. The molecule has 18 heteroatoms. The molecule has 5 aromatic rings. The molecule has 3 aromatic heterocycles. The van der Waals surface area contributed by atoms with Gasteiger partial charge in [0.2, 0.25) is 5.82 Å². The number of nitrogens with one attached hydrogen (secondary N) is 2. The minimum atomic E-state index is -5.08. The standard InChI is InChI=1S/C33H30ClF2N7O3.C2HF3O2/c1-2-46-27-6-5-24(28(35)29(27)36)26-19-39-31-30(38-13-16-43(26)31)41-22-3-4-23(25(34)17-22)33(45)42-14-9-20(10-15-42)18-40-32(44)21-7-11-37-12-8-21;3-2(4,5)1(6)7/h3-8,11-13,16-17,19-20H,2,9-10,14-15,18H2,1H3,(H,38,41)(H,40,44);(H,6,7). The second-order valence-electron chi connectivity index (χ2n) is 11.6. The van der Waals surface area contributed by atoms with Crippen molar-refractivity contribution in [3.05, 3.63) is 101 Å². The molecule has 1 fully saturated rings. The molecule has 2 amide bonds. The van der Waals surface area contributed by atoms with E-state index in [4.69, 9.17) is 26.2 Å². The molecular formula is C35H31ClF5N7O5. The number of alkyl halides is 3. The Kier molecular flexibility index (Phi) is 12.1. The number of nitrogens with zero attached hydrogens (tertiary/aromatic N) is 5. The zero-order valence-electron chi connectivity index (χ0n) is 27.8. The van der Waals surface area contributed by atoms with E-state index < -0.39 is 23.8 Å². The maximum atomic E-state index is 15.0. The third kappa shape index (κ3) is 9.15. The topological polar surface area (TPSA) is 151 Å². The summed E-state index contributed by atoms with van der Waals surface area (Å²) in [7, 11) is 0. The van der Waals surface area contributed by atoms with Crippen LogP contribution in [-0.2, 0) is 4.79 Å². The van der Waals surface area contributed by atoms with Crippen LogP contribution in [-0.4, -0.2) is 79.6 Å². The van der Waals surface area contributed by atoms with E-state index in [1.165, 1.54) is 24.5 Å². The average Bonchev–Trinajstić information content (AvgIpc) is 3.58. The number of likely N-dealkylation sites (tertiary alicyclic amines) is 1. The van der Waals surface area contributed by atoms with Gasteiger partial charge in [0.1, 0.15) is 0 Å². The van der Waals surface area contributed by atoms with E-state index >= 15 is 0 Å². The molecule has 12 nitrogen and oxygen atoms in total. The number of piperidine rings is 1. The minimum Gasteiger partial charge on any atom is -0.491 e. The third-order valence-corrected chi connectivity index (χ3v) is 8.46. The van der Waals surface area contributed by atoms with Gasteiger partial charge in [-0.05, 0) is 68.1 Å². The number of carbonyl (C=O) groups excluding carboxylic acids is 2. The summed E-state index contributed by atoms with van der Waals surface area (Å²) in [6.45, 7) is 3.54. The number of rotatable bonds is 9. The molecule has 0 unspecified atom stereocenters. The van der Waals surface area contributed by atoms with Gasteiger partial charge in [-0.2, -0.15) is 17.6 Å². The number of halogens is 6. The monoisotopic (exact) mass is 759 g/mol. The maximum Gasteiger partial charge on any atom is 0.490 e. The highest BCUT2D eigenvalue weighted by Gasteiger charge is 2.38. The zero-order valence-corrected chi connectivity index (χ0v) is 28.6. The van der Waals surface area contributed by atoms with Crippen molar-refractivity contribution in [3.8, 4) is 17.0 Å². The number of carbonyl (C=O) groups is 3. The summed E-state index contributed by atoms with van der Waals surface area (Å²) in [5.74, 6) is -4.71. The molecule has 3 N–H and O–H groups in total. The molecule has 0 aliphatic carbocycles. The highest BCUT2D eigenvalue weighted by atomic mass is 35.5. The Labute approximate surface area is 303 Å². The lowest BCUT2D eigenvalue weighted by atomic mass is 9.96. The van der Waals surface area contributed by atoms with Crippen molar-refractivity contribution in [1.82, 2.24) is 29.6 Å². The minimum absolute atomic E-state index is 0.0234.